The summed E-state index contributed by atoms with van der Waals surface area (Å²) in [5.74, 6) is -0.00263. The Morgan fingerprint density at radius 1 is 1.16 bits per heavy atom. The van der Waals surface area contributed by atoms with E-state index in [1.807, 2.05) is 60.0 Å². The van der Waals surface area contributed by atoms with Crippen LogP contribution < -0.4 is 4.74 Å². The molecule has 1 aliphatic rings. The monoisotopic (exact) mass is 467 g/mol. The number of methoxy groups -OCH3 is 1. The molecule has 164 valence electrons. The quantitative estimate of drug-likeness (QED) is 0.365. The second-order valence-corrected chi connectivity index (χ2v) is 9.01. The molecule has 1 atom stereocenters. The molecule has 0 bridgehead atoms. The van der Waals surface area contributed by atoms with Crippen LogP contribution in [0.3, 0.4) is 0 Å². The fourth-order valence-corrected chi connectivity index (χ4v) is 4.72. The van der Waals surface area contributed by atoms with E-state index in [1.54, 1.807) is 13.3 Å². The molecule has 3 aromatic rings. The van der Waals surface area contributed by atoms with Gasteiger partial charge in [-0.3, -0.25) is 9.59 Å². The van der Waals surface area contributed by atoms with E-state index >= 15 is 0 Å². The van der Waals surface area contributed by atoms with E-state index in [2.05, 4.69) is 10.1 Å². The Balaban J connectivity index is 1.45. The van der Waals surface area contributed by atoms with Gasteiger partial charge in [0.15, 0.2) is 6.61 Å². The Labute approximate surface area is 194 Å². The van der Waals surface area contributed by atoms with Gasteiger partial charge in [0.1, 0.15) is 10.1 Å². The number of thiazole rings is 1. The van der Waals surface area contributed by atoms with Crippen LogP contribution in [0.2, 0.25) is 0 Å². The van der Waals surface area contributed by atoms with Crippen LogP contribution in [0.4, 0.5) is 0 Å². The highest BCUT2D eigenvalue weighted by Gasteiger charge is 2.33. The van der Waals surface area contributed by atoms with Crippen molar-refractivity contribution in [2.45, 2.75) is 16.8 Å². The van der Waals surface area contributed by atoms with Crippen LogP contribution in [-0.4, -0.2) is 47.1 Å². The van der Waals surface area contributed by atoms with Crippen molar-refractivity contribution < 1.29 is 19.1 Å². The summed E-state index contributed by atoms with van der Waals surface area (Å²) < 4.78 is 11.2. The van der Waals surface area contributed by atoms with Crippen LogP contribution in [0.25, 0.3) is 0 Å². The minimum Gasteiger partial charge on any atom is -0.497 e. The first kappa shape index (κ1) is 22.0. The number of amides is 1. The van der Waals surface area contributed by atoms with Gasteiger partial charge in [0, 0.05) is 18.0 Å². The highest BCUT2D eigenvalue weighted by molar-refractivity contribution is 8.01. The summed E-state index contributed by atoms with van der Waals surface area (Å²) in [6, 6.07) is 17.0. The summed E-state index contributed by atoms with van der Waals surface area (Å²) in [5.41, 5.74) is 2.70. The molecule has 0 spiro atoms. The fourth-order valence-electron chi connectivity index (χ4n) is 3.28. The zero-order valence-electron chi connectivity index (χ0n) is 17.3. The van der Waals surface area contributed by atoms with E-state index < -0.39 is 5.97 Å². The third-order valence-corrected chi connectivity index (χ3v) is 6.79. The number of thioether (sulfide) groups is 1. The van der Waals surface area contributed by atoms with Crippen molar-refractivity contribution in [2.75, 3.05) is 19.5 Å². The summed E-state index contributed by atoms with van der Waals surface area (Å²) in [5, 5.41) is 7.85. The number of esters is 1. The molecule has 2 aromatic carbocycles. The van der Waals surface area contributed by atoms with Crippen molar-refractivity contribution in [3.8, 4) is 5.75 Å². The van der Waals surface area contributed by atoms with Crippen molar-refractivity contribution in [3.05, 3.63) is 77.3 Å². The lowest BCUT2D eigenvalue weighted by molar-refractivity contribution is -0.150. The maximum absolute atomic E-state index is 13.0. The number of hydrazone groups is 1. The lowest BCUT2D eigenvalue weighted by atomic mass is 9.98. The van der Waals surface area contributed by atoms with E-state index in [-0.39, 0.29) is 24.3 Å². The molecular formula is C23H21N3O4S2. The molecule has 7 nitrogen and oxygen atoms in total. The van der Waals surface area contributed by atoms with E-state index in [1.165, 1.54) is 28.1 Å². The van der Waals surface area contributed by atoms with Gasteiger partial charge < -0.3 is 9.47 Å². The predicted molar refractivity (Wildman–Crippen MR) is 124 cm³/mol. The Hall–Kier alpha value is -3.17. The Morgan fingerprint density at radius 2 is 1.94 bits per heavy atom. The minimum absolute atomic E-state index is 0.0984. The molecule has 0 saturated carbocycles. The smallest absolute Gasteiger partial charge is 0.316 e. The highest BCUT2D eigenvalue weighted by atomic mass is 32.2. The number of aromatic nitrogens is 1. The largest absolute Gasteiger partial charge is 0.497 e. The molecule has 0 saturated heterocycles. The summed E-state index contributed by atoms with van der Waals surface area (Å²) >= 11 is 2.74. The van der Waals surface area contributed by atoms with Crippen LogP contribution >= 0.6 is 23.1 Å². The molecule has 2 heterocycles. The summed E-state index contributed by atoms with van der Waals surface area (Å²) in [6.07, 6.45) is 2.24. The topological polar surface area (TPSA) is 81.1 Å². The van der Waals surface area contributed by atoms with Gasteiger partial charge in [-0.05, 0) is 23.3 Å². The molecule has 0 N–H and O–H groups in total. The number of rotatable bonds is 8. The summed E-state index contributed by atoms with van der Waals surface area (Å²) in [4.78, 5) is 29.2. The Bertz CT molecular complexity index is 1090. The van der Waals surface area contributed by atoms with Gasteiger partial charge in [0.2, 0.25) is 0 Å². The lowest BCUT2D eigenvalue weighted by Crippen LogP contribution is -2.31. The van der Waals surface area contributed by atoms with Gasteiger partial charge in [-0.1, -0.05) is 54.2 Å². The van der Waals surface area contributed by atoms with Gasteiger partial charge in [0.05, 0.1) is 24.6 Å². The predicted octanol–water partition coefficient (Wildman–Crippen LogP) is 4.16. The van der Waals surface area contributed by atoms with Crippen molar-refractivity contribution in [3.63, 3.8) is 0 Å². The van der Waals surface area contributed by atoms with Gasteiger partial charge in [-0.25, -0.2) is 9.99 Å². The highest BCUT2D eigenvalue weighted by Crippen LogP contribution is 2.33. The number of carbonyl (C=O) groups is 2. The van der Waals surface area contributed by atoms with E-state index in [0.717, 1.165) is 26.9 Å². The average Bonchev–Trinajstić information content (AvgIpc) is 3.52. The maximum atomic E-state index is 13.0. The first-order valence-corrected chi connectivity index (χ1v) is 11.8. The van der Waals surface area contributed by atoms with Gasteiger partial charge in [-0.15, -0.1) is 11.3 Å². The van der Waals surface area contributed by atoms with E-state index in [0.29, 0.717) is 6.42 Å². The molecule has 0 unspecified atom stereocenters. The molecular weight excluding hydrogens is 446 g/mol. The summed E-state index contributed by atoms with van der Waals surface area (Å²) in [6.45, 7) is -0.366. The standard InChI is InChI=1S/C23H21N3O4S2/c1-29-18-9-7-17(8-10-18)20-13-19(16-5-3-2-4-6-16)25-26(20)21(27)14-30-22(28)15-32-23-24-11-12-31-23/h2-12,20H,13-15H2,1H3/t20-/m1/s1. The average molecular weight is 468 g/mol. The van der Waals surface area contributed by atoms with Gasteiger partial charge in [0.25, 0.3) is 5.91 Å². The SMILES string of the molecule is COc1ccc([C@H]2CC(c3ccccc3)=NN2C(=O)COC(=O)CSc2nccs2)cc1. The van der Waals surface area contributed by atoms with E-state index in [4.69, 9.17) is 9.47 Å². The van der Waals surface area contributed by atoms with Crippen LogP contribution in [-0.2, 0) is 14.3 Å². The molecule has 1 aliphatic heterocycles. The molecule has 9 heteroatoms. The molecule has 0 fully saturated rings. The molecule has 0 radical (unpaired) electrons. The molecule has 1 amide bonds. The third kappa shape index (κ3) is 5.35. The zero-order valence-corrected chi connectivity index (χ0v) is 19.0. The van der Waals surface area contributed by atoms with Gasteiger partial charge in [-0.2, -0.15) is 5.10 Å². The number of benzene rings is 2. The van der Waals surface area contributed by atoms with Crippen LogP contribution in [0, 0.1) is 0 Å². The second kappa shape index (κ2) is 10.4. The van der Waals surface area contributed by atoms with Crippen LogP contribution in [0.15, 0.2) is 75.6 Å². The number of hydrogen-bond donors (Lipinski definition) is 0. The lowest BCUT2D eigenvalue weighted by Gasteiger charge is -2.22. The Morgan fingerprint density at radius 3 is 2.62 bits per heavy atom. The molecule has 4 rings (SSSR count). The Kier molecular flexibility index (Phi) is 7.18. The van der Waals surface area contributed by atoms with Crippen molar-refractivity contribution in [1.82, 2.24) is 9.99 Å². The van der Waals surface area contributed by atoms with Crippen molar-refractivity contribution in [2.24, 2.45) is 5.10 Å². The zero-order chi connectivity index (χ0) is 22.3. The number of carbonyl (C=O) groups excluding carboxylic acids is 2. The molecule has 32 heavy (non-hydrogen) atoms. The van der Waals surface area contributed by atoms with Crippen molar-refractivity contribution in [1.29, 1.82) is 0 Å². The summed E-state index contributed by atoms with van der Waals surface area (Å²) in [7, 11) is 1.61. The fraction of sp³-hybridized carbons (Fsp3) is 0.217. The number of hydrogen-bond acceptors (Lipinski definition) is 8. The van der Waals surface area contributed by atoms with Crippen LogP contribution in [0.5, 0.6) is 5.75 Å². The van der Waals surface area contributed by atoms with Crippen molar-refractivity contribution >= 4 is 40.7 Å². The first-order chi connectivity index (χ1) is 15.6. The molecule has 1 aromatic heterocycles. The second-order valence-electron chi connectivity index (χ2n) is 6.89. The normalized spacial score (nSPS) is 15.3. The van der Waals surface area contributed by atoms with Gasteiger partial charge >= 0.3 is 5.97 Å². The van der Waals surface area contributed by atoms with Crippen LogP contribution in [0.1, 0.15) is 23.6 Å². The number of nitrogens with zero attached hydrogens (tertiary/aromatic N) is 3. The van der Waals surface area contributed by atoms with E-state index in [9.17, 15) is 9.59 Å². The number of ether oxygens (including phenoxy) is 2. The third-order valence-electron chi connectivity index (χ3n) is 4.85. The first-order valence-electron chi connectivity index (χ1n) is 9.91. The maximum Gasteiger partial charge on any atom is 0.316 e. The minimum atomic E-state index is -0.467. The molecule has 0 aliphatic carbocycles.